The molecule has 0 radical (unpaired) electrons. The van der Waals surface area contributed by atoms with Crippen LogP contribution in [0.15, 0.2) is 12.2 Å². The monoisotopic (exact) mass is 819 g/mol. The average Bonchev–Trinajstić information content (AvgIpc) is 3.23. The van der Waals surface area contributed by atoms with E-state index in [0.29, 0.717) is 19.6 Å². The Morgan fingerprint density at radius 1 is 0.397 bits per heavy atom. The van der Waals surface area contributed by atoms with Crippen LogP contribution >= 0.6 is 0 Å². The number of hydrogen-bond donors (Lipinski definition) is 1. The Morgan fingerprint density at radius 3 is 0.983 bits per heavy atom. The number of esters is 1. The molecule has 4 nitrogen and oxygen atoms in total. The van der Waals surface area contributed by atoms with E-state index >= 15 is 0 Å². The Hall–Kier alpha value is -0.870. The number of allylic oxidation sites excluding steroid dienone is 2. The molecule has 0 amide bonds. The average molecular weight is 819 g/mol. The molecule has 0 aliphatic rings. The number of unbranched alkanes of at least 4 members (excludes halogenated alkanes) is 41. The maximum Gasteiger partial charge on any atom is 0.306 e. The highest BCUT2D eigenvalue weighted by molar-refractivity contribution is 5.69. The number of carbonyl (C=O) groups excluding carboxylic acids is 1. The Labute approximate surface area is 365 Å². The predicted octanol–water partition coefficient (Wildman–Crippen LogP) is 18.1. The van der Waals surface area contributed by atoms with Gasteiger partial charge in [0.15, 0.2) is 0 Å². The van der Waals surface area contributed by atoms with Crippen LogP contribution in [-0.2, 0) is 14.3 Å². The lowest BCUT2D eigenvalue weighted by atomic mass is 10.0. The van der Waals surface area contributed by atoms with Gasteiger partial charge in [-0.25, -0.2) is 0 Å². The van der Waals surface area contributed by atoms with Crippen molar-refractivity contribution in [2.24, 2.45) is 0 Å². The molecule has 1 N–H and O–H groups in total. The molecule has 0 aromatic heterocycles. The molecule has 0 aliphatic carbocycles. The molecule has 0 fully saturated rings. The fraction of sp³-hybridized carbons (Fsp3) is 0.944. The van der Waals surface area contributed by atoms with Gasteiger partial charge in [0.2, 0.25) is 0 Å². The second kappa shape index (κ2) is 52.3. The van der Waals surface area contributed by atoms with Gasteiger partial charge in [0, 0.05) is 13.0 Å². The second-order valence-electron chi connectivity index (χ2n) is 18.3. The molecule has 0 saturated carbocycles. The van der Waals surface area contributed by atoms with Crippen molar-refractivity contribution in [3.63, 3.8) is 0 Å². The molecule has 346 valence electrons. The first-order valence-corrected chi connectivity index (χ1v) is 26.8. The Bertz CT molecular complexity index is 781. The van der Waals surface area contributed by atoms with E-state index in [0.717, 1.165) is 19.3 Å². The van der Waals surface area contributed by atoms with Gasteiger partial charge >= 0.3 is 5.97 Å². The first kappa shape index (κ1) is 57.1. The fourth-order valence-electron chi connectivity index (χ4n) is 8.33. The summed E-state index contributed by atoms with van der Waals surface area (Å²) < 4.78 is 11.2. The van der Waals surface area contributed by atoms with E-state index in [2.05, 4.69) is 26.0 Å². The molecule has 1 unspecified atom stereocenters. The van der Waals surface area contributed by atoms with E-state index in [-0.39, 0.29) is 12.6 Å². The van der Waals surface area contributed by atoms with Gasteiger partial charge in [-0.05, 0) is 38.5 Å². The molecule has 0 aliphatic heterocycles. The minimum Gasteiger partial charge on any atom is -0.457 e. The quantitative estimate of drug-likeness (QED) is 0.0377. The van der Waals surface area contributed by atoms with Crippen LogP contribution in [0, 0.1) is 0 Å². The third kappa shape index (κ3) is 49.5. The van der Waals surface area contributed by atoms with E-state index < -0.39 is 6.10 Å². The van der Waals surface area contributed by atoms with E-state index in [9.17, 15) is 9.90 Å². The van der Waals surface area contributed by atoms with Gasteiger partial charge in [-0.1, -0.05) is 270 Å². The molecule has 0 spiro atoms. The number of ether oxygens (including phenoxy) is 2. The summed E-state index contributed by atoms with van der Waals surface area (Å²) in [5, 5.41) is 9.66. The first-order chi connectivity index (χ1) is 28.7. The standard InChI is InChI=1S/C54H106O4/c1-3-5-7-9-11-13-15-17-19-21-23-25-27-28-29-31-33-35-37-39-41-43-45-47-49-54(56)58-53(51-55)52-57-50-48-46-44-42-40-38-36-34-32-30-26-24-22-20-18-16-14-12-10-8-6-4-2/h22,24,53,55H,3-21,23,25-52H2,1-2H3/b24-22-. The summed E-state index contributed by atoms with van der Waals surface area (Å²) in [7, 11) is 0. The van der Waals surface area contributed by atoms with E-state index in [4.69, 9.17) is 9.47 Å². The maximum absolute atomic E-state index is 12.3. The Kier molecular flexibility index (Phi) is 51.5. The van der Waals surface area contributed by atoms with Crippen LogP contribution in [0.25, 0.3) is 0 Å². The minimum atomic E-state index is -0.530. The molecule has 0 bridgehead atoms. The Morgan fingerprint density at radius 2 is 0.672 bits per heavy atom. The zero-order chi connectivity index (χ0) is 41.9. The number of hydrogen-bond acceptors (Lipinski definition) is 4. The van der Waals surface area contributed by atoms with E-state index in [1.54, 1.807) is 0 Å². The number of rotatable bonds is 51. The van der Waals surface area contributed by atoms with Crippen molar-refractivity contribution in [3.05, 3.63) is 12.2 Å². The third-order valence-corrected chi connectivity index (χ3v) is 12.3. The van der Waals surface area contributed by atoms with Crippen LogP contribution in [0.3, 0.4) is 0 Å². The van der Waals surface area contributed by atoms with Gasteiger partial charge in [0.05, 0.1) is 13.2 Å². The number of carbonyl (C=O) groups is 1. The Balaban J connectivity index is 3.34. The molecule has 0 heterocycles. The van der Waals surface area contributed by atoms with Gasteiger partial charge in [-0.15, -0.1) is 0 Å². The normalized spacial score (nSPS) is 12.3. The lowest BCUT2D eigenvalue weighted by molar-refractivity contribution is -0.154. The van der Waals surface area contributed by atoms with Crippen molar-refractivity contribution in [1.29, 1.82) is 0 Å². The van der Waals surface area contributed by atoms with Crippen LogP contribution in [0.5, 0.6) is 0 Å². The summed E-state index contributed by atoms with van der Waals surface area (Å²) >= 11 is 0. The molecular weight excluding hydrogens is 713 g/mol. The van der Waals surface area contributed by atoms with Crippen molar-refractivity contribution in [1.82, 2.24) is 0 Å². The molecule has 58 heavy (non-hydrogen) atoms. The van der Waals surface area contributed by atoms with Gasteiger partial charge in [-0.3, -0.25) is 4.79 Å². The lowest BCUT2D eigenvalue weighted by Gasteiger charge is -2.16. The molecule has 4 heteroatoms. The van der Waals surface area contributed by atoms with E-state index in [1.807, 2.05) is 0 Å². The highest BCUT2D eigenvalue weighted by Crippen LogP contribution is 2.17. The molecule has 0 aromatic carbocycles. The predicted molar refractivity (Wildman–Crippen MR) is 256 cm³/mol. The van der Waals surface area contributed by atoms with Crippen LogP contribution < -0.4 is 0 Å². The summed E-state index contributed by atoms with van der Waals surface area (Å²) in [5.74, 6) is -0.192. The van der Waals surface area contributed by atoms with Gasteiger partial charge in [0.25, 0.3) is 0 Å². The SMILES string of the molecule is CCCCCCCCCC/C=C\CCCCCCCCCCCCOCC(CO)OC(=O)CCCCCCCCCCCCCCCCCCCCCCCCCC. The highest BCUT2D eigenvalue weighted by Gasteiger charge is 2.13. The smallest absolute Gasteiger partial charge is 0.306 e. The van der Waals surface area contributed by atoms with E-state index in [1.165, 1.54) is 263 Å². The van der Waals surface area contributed by atoms with Crippen LogP contribution in [0.4, 0.5) is 0 Å². The molecule has 0 aromatic rings. The van der Waals surface area contributed by atoms with Crippen molar-refractivity contribution < 1.29 is 19.4 Å². The van der Waals surface area contributed by atoms with Crippen molar-refractivity contribution in [3.8, 4) is 0 Å². The van der Waals surface area contributed by atoms with Crippen LogP contribution in [0.2, 0.25) is 0 Å². The fourth-order valence-corrected chi connectivity index (χ4v) is 8.33. The van der Waals surface area contributed by atoms with Gasteiger partial charge in [-0.2, -0.15) is 0 Å². The summed E-state index contributed by atoms with van der Waals surface area (Å²) in [6.07, 6.45) is 64.6. The van der Waals surface area contributed by atoms with Crippen molar-refractivity contribution >= 4 is 5.97 Å². The molecular formula is C54H106O4. The van der Waals surface area contributed by atoms with Crippen LogP contribution in [0.1, 0.15) is 303 Å². The summed E-state index contributed by atoms with van der Waals surface area (Å²) in [6, 6.07) is 0. The van der Waals surface area contributed by atoms with Crippen molar-refractivity contribution in [2.75, 3.05) is 19.8 Å². The minimum absolute atomic E-state index is 0.165. The number of aliphatic hydroxyl groups excluding tert-OH is 1. The summed E-state index contributed by atoms with van der Waals surface area (Å²) in [4.78, 5) is 12.3. The third-order valence-electron chi connectivity index (χ3n) is 12.3. The summed E-state index contributed by atoms with van der Waals surface area (Å²) in [6.45, 7) is 5.41. The molecule has 1 atom stereocenters. The maximum atomic E-state index is 12.3. The second-order valence-corrected chi connectivity index (χ2v) is 18.3. The lowest BCUT2D eigenvalue weighted by Crippen LogP contribution is -2.27. The zero-order valence-electron chi connectivity index (χ0n) is 39.8. The largest absolute Gasteiger partial charge is 0.457 e. The van der Waals surface area contributed by atoms with Gasteiger partial charge in [0.1, 0.15) is 6.10 Å². The van der Waals surface area contributed by atoms with Crippen LogP contribution in [-0.4, -0.2) is 37.0 Å². The van der Waals surface area contributed by atoms with Gasteiger partial charge < -0.3 is 14.6 Å². The first-order valence-electron chi connectivity index (χ1n) is 26.8. The topological polar surface area (TPSA) is 55.8 Å². The molecule has 0 saturated heterocycles. The zero-order valence-corrected chi connectivity index (χ0v) is 39.8. The van der Waals surface area contributed by atoms with Crippen molar-refractivity contribution in [2.45, 2.75) is 309 Å². The molecule has 0 rings (SSSR count). The number of aliphatic hydroxyl groups is 1. The highest BCUT2D eigenvalue weighted by atomic mass is 16.6. The summed E-state index contributed by atoms with van der Waals surface area (Å²) in [5.41, 5.74) is 0.